The topological polar surface area (TPSA) is 67.4 Å². The lowest BCUT2D eigenvalue weighted by atomic mass is 10.1. The maximum absolute atomic E-state index is 11.7. The number of hydrogen-bond acceptors (Lipinski definition) is 3. The van der Waals surface area contributed by atoms with Crippen molar-refractivity contribution in [1.82, 2.24) is 10.6 Å². The van der Waals surface area contributed by atoms with Crippen LogP contribution in [0, 0.1) is 0 Å². The fraction of sp³-hybridized carbons (Fsp3) is 0.833. The summed E-state index contributed by atoms with van der Waals surface area (Å²) in [5, 5.41) is 5.46. The summed E-state index contributed by atoms with van der Waals surface area (Å²) in [4.78, 5) is 23.3. The van der Waals surface area contributed by atoms with Crippen LogP contribution in [0.3, 0.4) is 0 Å². The third-order valence-corrected chi connectivity index (χ3v) is 2.53. The highest BCUT2D eigenvalue weighted by molar-refractivity contribution is 5.86. The van der Waals surface area contributed by atoms with Crippen LogP contribution in [0.15, 0.2) is 0 Å². The molecule has 1 heterocycles. The van der Waals surface area contributed by atoms with Crippen LogP contribution in [0.25, 0.3) is 0 Å². The van der Waals surface area contributed by atoms with Crippen molar-refractivity contribution < 1.29 is 14.3 Å². The number of carbonyl (C=O) groups is 2. The van der Waals surface area contributed by atoms with Crippen molar-refractivity contribution in [2.45, 2.75) is 64.6 Å². The van der Waals surface area contributed by atoms with E-state index >= 15 is 0 Å². The molecule has 98 valence electrons. The monoisotopic (exact) mass is 242 g/mol. The molecule has 0 spiro atoms. The van der Waals surface area contributed by atoms with E-state index in [9.17, 15) is 9.59 Å². The summed E-state index contributed by atoms with van der Waals surface area (Å²) in [6.45, 7) is 7.35. The molecule has 2 unspecified atom stereocenters. The molecule has 1 fully saturated rings. The molecular formula is C12H22N2O3. The molecule has 2 amide bonds. The Kier molecular flexibility index (Phi) is 4.37. The van der Waals surface area contributed by atoms with Gasteiger partial charge in [0, 0.05) is 6.04 Å². The van der Waals surface area contributed by atoms with Gasteiger partial charge in [-0.25, -0.2) is 4.79 Å². The normalized spacial score (nSPS) is 25.8. The molecular weight excluding hydrogens is 220 g/mol. The first-order valence-electron chi connectivity index (χ1n) is 6.08. The molecule has 2 atom stereocenters. The Morgan fingerprint density at radius 2 is 2.06 bits per heavy atom. The van der Waals surface area contributed by atoms with Crippen molar-refractivity contribution in [2.75, 3.05) is 0 Å². The van der Waals surface area contributed by atoms with Gasteiger partial charge in [-0.2, -0.15) is 0 Å². The Balaban J connectivity index is 2.50. The zero-order valence-corrected chi connectivity index (χ0v) is 11.0. The Bertz CT molecular complexity index is 297. The van der Waals surface area contributed by atoms with E-state index in [0.29, 0.717) is 6.42 Å². The van der Waals surface area contributed by atoms with Crippen molar-refractivity contribution >= 4 is 12.0 Å². The summed E-state index contributed by atoms with van der Waals surface area (Å²) < 4.78 is 5.13. The van der Waals surface area contributed by atoms with Crippen molar-refractivity contribution in [1.29, 1.82) is 0 Å². The Hall–Kier alpha value is -1.26. The largest absolute Gasteiger partial charge is 0.444 e. The molecule has 0 bridgehead atoms. The van der Waals surface area contributed by atoms with Crippen LogP contribution in [0.1, 0.15) is 47.0 Å². The van der Waals surface area contributed by atoms with Gasteiger partial charge in [-0.1, -0.05) is 0 Å². The van der Waals surface area contributed by atoms with Gasteiger partial charge < -0.3 is 15.4 Å². The van der Waals surface area contributed by atoms with E-state index in [1.807, 2.05) is 6.92 Å². The fourth-order valence-electron chi connectivity index (χ4n) is 1.76. The Labute approximate surface area is 102 Å². The summed E-state index contributed by atoms with van der Waals surface area (Å²) in [5.74, 6) is -0.124. The van der Waals surface area contributed by atoms with E-state index in [4.69, 9.17) is 4.74 Å². The average Bonchev–Trinajstić information content (AvgIpc) is 2.25. The standard InChI is InChI=1S/C12H22N2O3/c1-8-6-5-7-9(10(15)13-8)14-11(16)17-12(2,3)4/h8-9H,5-7H2,1-4H3,(H,13,15)(H,14,16). The van der Waals surface area contributed by atoms with E-state index in [-0.39, 0.29) is 11.9 Å². The fourth-order valence-corrected chi connectivity index (χ4v) is 1.76. The minimum Gasteiger partial charge on any atom is -0.444 e. The maximum Gasteiger partial charge on any atom is 0.408 e. The summed E-state index contributed by atoms with van der Waals surface area (Å²) in [7, 11) is 0. The predicted molar refractivity (Wildman–Crippen MR) is 64.6 cm³/mol. The molecule has 0 aliphatic carbocycles. The summed E-state index contributed by atoms with van der Waals surface area (Å²) in [6, 6.07) is -0.303. The number of amides is 2. The summed E-state index contributed by atoms with van der Waals surface area (Å²) in [5.41, 5.74) is -0.543. The van der Waals surface area contributed by atoms with Gasteiger partial charge in [0.25, 0.3) is 0 Å². The van der Waals surface area contributed by atoms with Gasteiger partial charge in [0.2, 0.25) is 5.91 Å². The van der Waals surface area contributed by atoms with Gasteiger partial charge in [0.1, 0.15) is 11.6 Å². The van der Waals surface area contributed by atoms with Crippen molar-refractivity contribution in [3.8, 4) is 0 Å². The first kappa shape index (κ1) is 13.8. The molecule has 5 nitrogen and oxygen atoms in total. The van der Waals surface area contributed by atoms with Crippen molar-refractivity contribution in [3.63, 3.8) is 0 Å². The molecule has 1 rings (SSSR count). The Morgan fingerprint density at radius 3 is 2.65 bits per heavy atom. The number of carbonyl (C=O) groups excluding carboxylic acids is 2. The number of ether oxygens (including phenoxy) is 1. The van der Waals surface area contributed by atoms with Gasteiger partial charge in [-0.3, -0.25) is 4.79 Å². The maximum atomic E-state index is 11.7. The zero-order chi connectivity index (χ0) is 13.1. The second-order valence-electron chi connectivity index (χ2n) is 5.54. The third-order valence-electron chi connectivity index (χ3n) is 2.53. The highest BCUT2D eigenvalue weighted by Crippen LogP contribution is 2.11. The summed E-state index contributed by atoms with van der Waals surface area (Å²) >= 11 is 0. The second-order valence-corrected chi connectivity index (χ2v) is 5.54. The highest BCUT2D eigenvalue weighted by atomic mass is 16.6. The zero-order valence-electron chi connectivity index (χ0n) is 11.0. The molecule has 1 aliphatic heterocycles. The van der Waals surface area contributed by atoms with Gasteiger partial charge in [0.05, 0.1) is 0 Å². The average molecular weight is 242 g/mol. The van der Waals surface area contributed by atoms with Crippen LogP contribution in [-0.4, -0.2) is 29.7 Å². The van der Waals surface area contributed by atoms with E-state index in [2.05, 4.69) is 10.6 Å². The van der Waals surface area contributed by atoms with Crippen LogP contribution < -0.4 is 10.6 Å². The lowest BCUT2D eigenvalue weighted by Crippen LogP contribution is -2.48. The van der Waals surface area contributed by atoms with Crippen LogP contribution in [-0.2, 0) is 9.53 Å². The van der Waals surface area contributed by atoms with Gasteiger partial charge in [-0.15, -0.1) is 0 Å². The van der Waals surface area contributed by atoms with Crippen LogP contribution in [0.4, 0.5) is 4.79 Å². The number of nitrogens with one attached hydrogen (secondary N) is 2. The molecule has 0 aromatic rings. The van der Waals surface area contributed by atoms with Crippen molar-refractivity contribution in [2.24, 2.45) is 0 Å². The first-order valence-corrected chi connectivity index (χ1v) is 6.08. The first-order chi connectivity index (χ1) is 7.78. The van der Waals surface area contributed by atoms with Crippen molar-refractivity contribution in [3.05, 3.63) is 0 Å². The third kappa shape index (κ3) is 5.06. The molecule has 0 aromatic heterocycles. The van der Waals surface area contributed by atoms with Crippen LogP contribution in [0.5, 0.6) is 0 Å². The number of alkyl carbamates (subject to hydrolysis) is 1. The van der Waals surface area contributed by atoms with E-state index in [0.717, 1.165) is 12.8 Å². The molecule has 5 heteroatoms. The second kappa shape index (κ2) is 5.38. The van der Waals surface area contributed by atoms with Crippen LogP contribution >= 0.6 is 0 Å². The van der Waals surface area contributed by atoms with Gasteiger partial charge >= 0.3 is 6.09 Å². The smallest absolute Gasteiger partial charge is 0.408 e. The SMILES string of the molecule is CC1CCCC(NC(=O)OC(C)(C)C)C(=O)N1. The van der Waals surface area contributed by atoms with E-state index in [1.165, 1.54) is 0 Å². The number of rotatable bonds is 1. The Morgan fingerprint density at radius 1 is 1.41 bits per heavy atom. The molecule has 0 aromatic carbocycles. The van der Waals surface area contributed by atoms with E-state index in [1.54, 1.807) is 20.8 Å². The molecule has 1 saturated heterocycles. The van der Waals surface area contributed by atoms with Gasteiger partial charge in [0.15, 0.2) is 0 Å². The predicted octanol–water partition coefficient (Wildman–Crippen LogP) is 1.57. The highest BCUT2D eigenvalue weighted by Gasteiger charge is 2.26. The number of hydrogen-bond donors (Lipinski definition) is 2. The minimum absolute atomic E-state index is 0.124. The molecule has 0 radical (unpaired) electrons. The molecule has 17 heavy (non-hydrogen) atoms. The quantitative estimate of drug-likeness (QED) is 0.733. The van der Waals surface area contributed by atoms with E-state index < -0.39 is 17.7 Å². The molecule has 1 aliphatic rings. The minimum atomic E-state index is -0.543. The van der Waals surface area contributed by atoms with Crippen LogP contribution in [0.2, 0.25) is 0 Å². The molecule has 2 N–H and O–H groups in total. The molecule has 0 saturated carbocycles. The van der Waals surface area contributed by atoms with Gasteiger partial charge in [-0.05, 0) is 47.0 Å². The lowest BCUT2D eigenvalue weighted by molar-refractivity contribution is -0.123. The summed E-state index contributed by atoms with van der Waals surface area (Å²) in [6.07, 6.45) is 1.99. The lowest BCUT2D eigenvalue weighted by Gasteiger charge is -2.22.